The van der Waals surface area contributed by atoms with Crippen molar-refractivity contribution in [1.29, 1.82) is 0 Å². The minimum Gasteiger partial charge on any atom is -0.492 e. The van der Waals surface area contributed by atoms with Gasteiger partial charge in [-0.15, -0.1) is 0 Å². The van der Waals surface area contributed by atoms with E-state index in [1.807, 2.05) is 30.3 Å². The topological polar surface area (TPSA) is 39.1 Å². The molecular weight excluding hydrogens is 405 g/mol. The molecule has 0 unspecified atom stereocenters. The number of fused-ring (bicyclic) bond motifs is 4. The maximum absolute atomic E-state index is 6.61. The highest BCUT2D eigenvalue weighted by molar-refractivity contribution is 6.45. The largest absolute Gasteiger partial charge is 0.492 e. The van der Waals surface area contributed by atoms with E-state index in [9.17, 15) is 0 Å². The Balaban J connectivity index is 1.45. The number of hydrogen-bond donors (Lipinski definition) is 1. The molecule has 1 N–H and O–H groups in total. The second kappa shape index (κ2) is 7.86. The first-order valence-electron chi connectivity index (χ1n) is 9.88. The van der Waals surface area contributed by atoms with Crippen LogP contribution in [0.15, 0.2) is 48.7 Å². The van der Waals surface area contributed by atoms with Gasteiger partial charge >= 0.3 is 0 Å². The third-order valence-corrected chi connectivity index (χ3v) is 6.40. The Bertz CT molecular complexity index is 1200. The zero-order valence-corrected chi connectivity index (χ0v) is 17.4. The first-order valence-corrected chi connectivity index (χ1v) is 10.6. The summed E-state index contributed by atoms with van der Waals surface area (Å²) in [4.78, 5) is 4.41. The third kappa shape index (κ3) is 3.46. The summed E-state index contributed by atoms with van der Waals surface area (Å²) in [7, 11) is 0. The molecule has 1 aliphatic heterocycles. The lowest BCUT2D eigenvalue weighted by atomic mass is 10.1. The SMILES string of the molecule is Clc1ccc2c(c1Cl)c1c(n2CCOc2ccc3cccnc3c2)CCNCC1. The van der Waals surface area contributed by atoms with Gasteiger partial charge in [-0.2, -0.15) is 0 Å². The van der Waals surface area contributed by atoms with Gasteiger partial charge < -0.3 is 14.6 Å². The molecule has 0 saturated carbocycles. The van der Waals surface area contributed by atoms with E-state index in [1.54, 1.807) is 6.20 Å². The second-order valence-corrected chi connectivity index (χ2v) is 8.07. The van der Waals surface area contributed by atoms with Crippen molar-refractivity contribution < 1.29 is 4.74 Å². The van der Waals surface area contributed by atoms with Crippen molar-refractivity contribution in [3.63, 3.8) is 0 Å². The van der Waals surface area contributed by atoms with E-state index in [-0.39, 0.29) is 0 Å². The molecule has 0 atom stereocenters. The molecule has 0 spiro atoms. The number of halogens is 2. The predicted octanol–water partition coefficient (Wildman–Crippen LogP) is 5.26. The van der Waals surface area contributed by atoms with Crippen LogP contribution in [0.4, 0.5) is 0 Å². The molecule has 3 heterocycles. The second-order valence-electron chi connectivity index (χ2n) is 7.29. The number of rotatable bonds is 4. The van der Waals surface area contributed by atoms with Crippen LogP contribution in [0.3, 0.4) is 0 Å². The molecule has 4 aromatic rings. The molecule has 0 bridgehead atoms. The summed E-state index contributed by atoms with van der Waals surface area (Å²) in [5.41, 5.74) is 4.72. The molecular formula is C23H21Cl2N3O. The Morgan fingerprint density at radius 2 is 1.97 bits per heavy atom. The van der Waals surface area contributed by atoms with Gasteiger partial charge in [0.05, 0.1) is 27.6 Å². The third-order valence-electron chi connectivity index (χ3n) is 5.59. The lowest BCUT2D eigenvalue weighted by Gasteiger charge is -2.13. The first kappa shape index (κ1) is 18.7. The lowest BCUT2D eigenvalue weighted by molar-refractivity contribution is 0.299. The van der Waals surface area contributed by atoms with Crippen LogP contribution < -0.4 is 10.1 Å². The van der Waals surface area contributed by atoms with Crippen LogP contribution in [0.25, 0.3) is 21.8 Å². The molecule has 5 rings (SSSR count). The van der Waals surface area contributed by atoms with Crippen molar-refractivity contribution >= 4 is 45.0 Å². The highest BCUT2D eigenvalue weighted by atomic mass is 35.5. The predicted molar refractivity (Wildman–Crippen MR) is 119 cm³/mol. The fourth-order valence-corrected chi connectivity index (χ4v) is 4.68. The number of ether oxygens (including phenoxy) is 1. The monoisotopic (exact) mass is 425 g/mol. The summed E-state index contributed by atoms with van der Waals surface area (Å²) in [6.45, 7) is 3.24. The standard InChI is InChI=1S/C23H21Cl2N3O/c24-18-5-6-21-22(23(18)25)17-7-10-26-11-8-20(17)28(21)12-13-29-16-4-3-15-2-1-9-27-19(15)14-16/h1-6,9,14,26H,7-8,10-13H2. The fourth-order valence-electron chi connectivity index (χ4n) is 4.25. The van der Waals surface area contributed by atoms with Gasteiger partial charge in [-0.05, 0) is 48.9 Å². The van der Waals surface area contributed by atoms with Crippen LogP contribution in [0.1, 0.15) is 11.3 Å². The molecule has 148 valence electrons. The fraction of sp³-hybridized carbons (Fsp3) is 0.261. The van der Waals surface area contributed by atoms with Crippen molar-refractivity contribution in [3.8, 4) is 5.75 Å². The number of pyridine rings is 1. The van der Waals surface area contributed by atoms with Crippen molar-refractivity contribution in [2.45, 2.75) is 19.4 Å². The molecule has 2 aromatic heterocycles. The molecule has 29 heavy (non-hydrogen) atoms. The Kier molecular flexibility index (Phi) is 5.08. The quantitative estimate of drug-likeness (QED) is 0.484. The Morgan fingerprint density at radius 1 is 1.07 bits per heavy atom. The van der Waals surface area contributed by atoms with E-state index in [1.165, 1.54) is 11.3 Å². The molecule has 0 aliphatic carbocycles. The Hall–Kier alpha value is -2.27. The lowest BCUT2D eigenvalue weighted by Crippen LogP contribution is -2.18. The summed E-state index contributed by atoms with van der Waals surface area (Å²) < 4.78 is 8.42. The summed E-state index contributed by atoms with van der Waals surface area (Å²) in [5, 5.41) is 6.94. The average Bonchev–Trinajstić information content (AvgIpc) is 2.88. The number of benzene rings is 2. The molecule has 4 nitrogen and oxygen atoms in total. The maximum atomic E-state index is 6.61. The van der Waals surface area contributed by atoms with Gasteiger partial charge in [0.25, 0.3) is 0 Å². The number of nitrogens with zero attached hydrogens (tertiary/aromatic N) is 2. The van der Waals surface area contributed by atoms with Crippen LogP contribution in [0, 0.1) is 0 Å². The van der Waals surface area contributed by atoms with Gasteiger partial charge in [0.2, 0.25) is 0 Å². The summed E-state index contributed by atoms with van der Waals surface area (Å²) in [5.74, 6) is 0.835. The highest BCUT2D eigenvalue weighted by Crippen LogP contribution is 2.37. The molecule has 2 aromatic carbocycles. The highest BCUT2D eigenvalue weighted by Gasteiger charge is 2.21. The van der Waals surface area contributed by atoms with Crippen LogP contribution in [0.2, 0.25) is 10.0 Å². The average molecular weight is 426 g/mol. The zero-order chi connectivity index (χ0) is 19.8. The van der Waals surface area contributed by atoms with E-state index in [0.717, 1.165) is 60.0 Å². The molecule has 0 fully saturated rings. The van der Waals surface area contributed by atoms with Crippen molar-refractivity contribution in [2.75, 3.05) is 19.7 Å². The van der Waals surface area contributed by atoms with Crippen molar-refractivity contribution in [2.24, 2.45) is 0 Å². The van der Waals surface area contributed by atoms with Gasteiger partial charge in [-0.3, -0.25) is 4.98 Å². The minimum absolute atomic E-state index is 0.572. The van der Waals surface area contributed by atoms with E-state index < -0.39 is 0 Å². The Morgan fingerprint density at radius 3 is 2.90 bits per heavy atom. The Labute approximate surface area is 179 Å². The number of hydrogen-bond acceptors (Lipinski definition) is 3. The molecule has 0 radical (unpaired) electrons. The van der Waals surface area contributed by atoms with Gasteiger partial charge in [0, 0.05) is 41.7 Å². The maximum Gasteiger partial charge on any atom is 0.121 e. The number of aromatic nitrogens is 2. The first-order chi connectivity index (χ1) is 14.2. The molecule has 0 amide bonds. The van der Waals surface area contributed by atoms with Crippen LogP contribution in [-0.4, -0.2) is 29.2 Å². The van der Waals surface area contributed by atoms with Crippen LogP contribution in [0.5, 0.6) is 5.75 Å². The van der Waals surface area contributed by atoms with Gasteiger partial charge in [-0.25, -0.2) is 0 Å². The minimum atomic E-state index is 0.572. The van der Waals surface area contributed by atoms with Crippen molar-refractivity contribution in [1.82, 2.24) is 14.9 Å². The van der Waals surface area contributed by atoms with Gasteiger partial charge in [0.1, 0.15) is 12.4 Å². The summed E-state index contributed by atoms with van der Waals surface area (Å²) >= 11 is 12.9. The normalized spacial score (nSPS) is 14.1. The van der Waals surface area contributed by atoms with Gasteiger partial charge in [-0.1, -0.05) is 29.3 Å². The van der Waals surface area contributed by atoms with E-state index in [2.05, 4.69) is 27.0 Å². The van der Waals surface area contributed by atoms with Crippen LogP contribution >= 0.6 is 23.2 Å². The van der Waals surface area contributed by atoms with Crippen LogP contribution in [-0.2, 0) is 19.4 Å². The van der Waals surface area contributed by atoms with E-state index in [4.69, 9.17) is 27.9 Å². The van der Waals surface area contributed by atoms with Crippen molar-refractivity contribution in [3.05, 3.63) is 70.0 Å². The summed E-state index contributed by atoms with van der Waals surface area (Å²) in [6.07, 6.45) is 3.73. The van der Waals surface area contributed by atoms with Gasteiger partial charge in [0.15, 0.2) is 0 Å². The molecule has 0 saturated heterocycles. The van der Waals surface area contributed by atoms with E-state index >= 15 is 0 Å². The zero-order valence-electron chi connectivity index (χ0n) is 15.9. The number of nitrogens with one attached hydrogen (secondary N) is 1. The molecule has 1 aliphatic rings. The molecule has 6 heteroatoms. The summed E-state index contributed by atoms with van der Waals surface area (Å²) in [6, 6.07) is 14.0. The smallest absolute Gasteiger partial charge is 0.121 e. The van der Waals surface area contributed by atoms with E-state index in [0.29, 0.717) is 16.7 Å².